The summed E-state index contributed by atoms with van der Waals surface area (Å²) in [5.74, 6) is 1.85. The standard InChI is InChI=1S/C23H29NO2/c1-19-9-11-22(12-10-19)26-17-5-8-23(25)24-15-13-21(14-16-24)18-20-6-3-2-4-7-20/h2-4,6-7,9-12,21H,5,8,13-18H2,1H3. The van der Waals surface area contributed by atoms with Crippen LogP contribution in [0.15, 0.2) is 54.6 Å². The van der Waals surface area contributed by atoms with Crippen LogP contribution >= 0.6 is 0 Å². The molecule has 1 aliphatic heterocycles. The van der Waals surface area contributed by atoms with Crippen molar-refractivity contribution in [3.05, 3.63) is 65.7 Å². The van der Waals surface area contributed by atoms with E-state index in [0.717, 1.165) is 44.5 Å². The van der Waals surface area contributed by atoms with Gasteiger partial charge in [0, 0.05) is 19.5 Å². The van der Waals surface area contributed by atoms with Gasteiger partial charge in [0.05, 0.1) is 6.61 Å². The Morgan fingerprint density at radius 2 is 1.73 bits per heavy atom. The van der Waals surface area contributed by atoms with Gasteiger partial charge in [-0.3, -0.25) is 4.79 Å². The third-order valence-electron chi connectivity index (χ3n) is 5.16. The Kier molecular flexibility index (Phi) is 6.70. The molecule has 138 valence electrons. The summed E-state index contributed by atoms with van der Waals surface area (Å²) in [6, 6.07) is 18.7. The predicted molar refractivity (Wildman–Crippen MR) is 105 cm³/mol. The lowest BCUT2D eigenvalue weighted by atomic mass is 9.90. The maximum absolute atomic E-state index is 12.4. The smallest absolute Gasteiger partial charge is 0.222 e. The predicted octanol–water partition coefficient (Wildman–Crippen LogP) is 4.64. The fourth-order valence-electron chi connectivity index (χ4n) is 3.54. The van der Waals surface area contributed by atoms with Crippen LogP contribution in [0.4, 0.5) is 0 Å². The summed E-state index contributed by atoms with van der Waals surface area (Å²) >= 11 is 0. The molecule has 1 heterocycles. The number of ether oxygens (including phenoxy) is 1. The van der Waals surface area contributed by atoms with E-state index < -0.39 is 0 Å². The van der Waals surface area contributed by atoms with Gasteiger partial charge in [-0.2, -0.15) is 0 Å². The van der Waals surface area contributed by atoms with Crippen LogP contribution in [0.2, 0.25) is 0 Å². The van der Waals surface area contributed by atoms with Gasteiger partial charge in [-0.15, -0.1) is 0 Å². The fraction of sp³-hybridized carbons (Fsp3) is 0.435. The number of likely N-dealkylation sites (tertiary alicyclic amines) is 1. The van der Waals surface area contributed by atoms with Gasteiger partial charge in [0.25, 0.3) is 0 Å². The normalized spacial score (nSPS) is 15.0. The van der Waals surface area contributed by atoms with E-state index in [1.54, 1.807) is 0 Å². The van der Waals surface area contributed by atoms with Crippen LogP contribution in [0.3, 0.4) is 0 Å². The lowest BCUT2D eigenvalue weighted by molar-refractivity contribution is -0.132. The van der Waals surface area contributed by atoms with Crippen LogP contribution in [0.5, 0.6) is 5.75 Å². The lowest BCUT2D eigenvalue weighted by Gasteiger charge is -2.32. The molecule has 1 amide bonds. The van der Waals surface area contributed by atoms with Crippen molar-refractivity contribution in [1.82, 2.24) is 4.90 Å². The van der Waals surface area contributed by atoms with Crippen molar-refractivity contribution in [2.75, 3.05) is 19.7 Å². The van der Waals surface area contributed by atoms with Crippen LogP contribution in [0.25, 0.3) is 0 Å². The first-order valence-electron chi connectivity index (χ1n) is 9.72. The van der Waals surface area contributed by atoms with Gasteiger partial charge in [-0.05, 0) is 56.2 Å². The summed E-state index contributed by atoms with van der Waals surface area (Å²) in [4.78, 5) is 14.4. The molecule has 1 aliphatic rings. The average Bonchev–Trinajstić information content (AvgIpc) is 2.68. The molecule has 0 aromatic heterocycles. The summed E-state index contributed by atoms with van der Waals surface area (Å²) in [5, 5.41) is 0. The monoisotopic (exact) mass is 351 g/mol. The summed E-state index contributed by atoms with van der Waals surface area (Å²) in [5.41, 5.74) is 2.63. The lowest BCUT2D eigenvalue weighted by Crippen LogP contribution is -2.38. The molecule has 0 N–H and O–H groups in total. The van der Waals surface area contributed by atoms with Gasteiger partial charge in [0.15, 0.2) is 0 Å². The van der Waals surface area contributed by atoms with Gasteiger partial charge in [0.2, 0.25) is 5.91 Å². The number of aryl methyl sites for hydroxylation is 1. The van der Waals surface area contributed by atoms with Gasteiger partial charge in [-0.1, -0.05) is 48.0 Å². The quantitative estimate of drug-likeness (QED) is 0.680. The minimum atomic E-state index is 0.274. The number of amides is 1. The molecule has 0 atom stereocenters. The van der Waals surface area contributed by atoms with Crippen molar-refractivity contribution in [2.45, 2.75) is 39.0 Å². The molecule has 0 bridgehead atoms. The highest BCUT2D eigenvalue weighted by Crippen LogP contribution is 2.22. The maximum Gasteiger partial charge on any atom is 0.222 e. The number of rotatable bonds is 7. The number of carbonyl (C=O) groups excluding carboxylic acids is 1. The van der Waals surface area contributed by atoms with Gasteiger partial charge in [-0.25, -0.2) is 0 Å². The molecule has 26 heavy (non-hydrogen) atoms. The fourth-order valence-corrected chi connectivity index (χ4v) is 3.54. The first kappa shape index (κ1) is 18.5. The maximum atomic E-state index is 12.4. The van der Waals surface area contributed by atoms with Crippen molar-refractivity contribution >= 4 is 5.91 Å². The molecule has 3 heteroatoms. The van der Waals surface area contributed by atoms with Gasteiger partial charge >= 0.3 is 0 Å². The number of carbonyl (C=O) groups is 1. The summed E-state index contributed by atoms with van der Waals surface area (Å²) in [7, 11) is 0. The van der Waals surface area contributed by atoms with Crippen molar-refractivity contribution in [2.24, 2.45) is 5.92 Å². The molecular weight excluding hydrogens is 322 g/mol. The Labute approximate surface area is 157 Å². The number of hydrogen-bond acceptors (Lipinski definition) is 2. The van der Waals surface area contributed by atoms with Crippen LogP contribution in [-0.2, 0) is 11.2 Å². The highest BCUT2D eigenvalue weighted by Gasteiger charge is 2.22. The topological polar surface area (TPSA) is 29.5 Å². The van der Waals surface area contributed by atoms with Crippen LogP contribution in [0, 0.1) is 12.8 Å². The molecular formula is C23H29NO2. The minimum Gasteiger partial charge on any atom is -0.494 e. The molecule has 1 fully saturated rings. The van der Waals surface area contributed by atoms with Crippen molar-refractivity contribution in [3.63, 3.8) is 0 Å². The number of nitrogens with zero attached hydrogens (tertiary/aromatic N) is 1. The van der Waals surface area contributed by atoms with E-state index in [9.17, 15) is 4.79 Å². The number of hydrogen-bond donors (Lipinski definition) is 0. The van der Waals surface area contributed by atoms with E-state index in [1.165, 1.54) is 11.1 Å². The van der Waals surface area contributed by atoms with Crippen molar-refractivity contribution in [3.8, 4) is 5.75 Å². The highest BCUT2D eigenvalue weighted by molar-refractivity contribution is 5.76. The second-order valence-corrected chi connectivity index (χ2v) is 7.28. The zero-order valence-electron chi connectivity index (χ0n) is 15.7. The average molecular weight is 351 g/mol. The van der Waals surface area contributed by atoms with E-state index in [2.05, 4.69) is 37.3 Å². The number of benzene rings is 2. The Hall–Kier alpha value is -2.29. The minimum absolute atomic E-state index is 0.274. The van der Waals surface area contributed by atoms with E-state index >= 15 is 0 Å². The zero-order chi connectivity index (χ0) is 18.2. The number of piperidine rings is 1. The van der Waals surface area contributed by atoms with Crippen molar-refractivity contribution in [1.29, 1.82) is 0 Å². The molecule has 3 rings (SSSR count). The Morgan fingerprint density at radius 3 is 2.42 bits per heavy atom. The Bertz CT molecular complexity index is 673. The van der Waals surface area contributed by atoms with Crippen molar-refractivity contribution < 1.29 is 9.53 Å². The molecule has 0 spiro atoms. The summed E-state index contributed by atoms with van der Waals surface area (Å²) in [6.45, 7) is 4.45. The molecule has 0 aliphatic carbocycles. The SMILES string of the molecule is Cc1ccc(OCCCC(=O)N2CCC(Cc3ccccc3)CC2)cc1. The molecule has 1 saturated heterocycles. The third-order valence-corrected chi connectivity index (χ3v) is 5.16. The molecule has 0 radical (unpaired) electrons. The van der Waals surface area contributed by atoms with E-state index in [4.69, 9.17) is 4.74 Å². The summed E-state index contributed by atoms with van der Waals surface area (Å²) < 4.78 is 5.71. The molecule has 0 unspecified atom stereocenters. The molecule has 3 nitrogen and oxygen atoms in total. The molecule has 2 aromatic rings. The Morgan fingerprint density at radius 1 is 1.04 bits per heavy atom. The van der Waals surface area contributed by atoms with Crippen LogP contribution < -0.4 is 4.74 Å². The zero-order valence-corrected chi connectivity index (χ0v) is 15.7. The van der Waals surface area contributed by atoms with E-state index in [1.807, 2.05) is 29.2 Å². The largest absolute Gasteiger partial charge is 0.494 e. The second-order valence-electron chi connectivity index (χ2n) is 7.28. The van der Waals surface area contributed by atoms with E-state index in [-0.39, 0.29) is 5.91 Å². The van der Waals surface area contributed by atoms with Crippen LogP contribution in [-0.4, -0.2) is 30.5 Å². The molecule has 0 saturated carbocycles. The van der Waals surface area contributed by atoms with Gasteiger partial charge in [0.1, 0.15) is 5.75 Å². The summed E-state index contributed by atoms with van der Waals surface area (Å²) in [6.07, 6.45) is 4.71. The Balaban J connectivity index is 1.32. The third kappa shape index (κ3) is 5.62. The second kappa shape index (κ2) is 9.42. The van der Waals surface area contributed by atoms with E-state index in [0.29, 0.717) is 18.9 Å². The molecule has 2 aromatic carbocycles. The van der Waals surface area contributed by atoms with Crippen LogP contribution in [0.1, 0.15) is 36.8 Å². The first-order valence-corrected chi connectivity index (χ1v) is 9.72. The first-order chi connectivity index (χ1) is 12.7. The van der Waals surface area contributed by atoms with Gasteiger partial charge < -0.3 is 9.64 Å². The highest BCUT2D eigenvalue weighted by atomic mass is 16.5.